The first-order valence-electron chi connectivity index (χ1n) is 15.7. The summed E-state index contributed by atoms with van der Waals surface area (Å²) < 4.78 is 43.5. The van der Waals surface area contributed by atoms with E-state index in [4.69, 9.17) is 37.9 Å². The lowest BCUT2D eigenvalue weighted by atomic mass is 9.97. The molecule has 0 radical (unpaired) electrons. The summed E-state index contributed by atoms with van der Waals surface area (Å²) in [5.74, 6) is 0. The molecule has 0 aliphatic carbocycles. The quantitative estimate of drug-likeness (QED) is 0.0739. The van der Waals surface area contributed by atoms with Crippen LogP contribution in [-0.2, 0) is 37.9 Å². The highest BCUT2D eigenvalue weighted by Gasteiger charge is 2.52. The van der Waals surface area contributed by atoms with Gasteiger partial charge in [-0.2, -0.15) is 0 Å². The van der Waals surface area contributed by atoms with Crippen molar-refractivity contribution in [3.8, 4) is 0 Å². The van der Waals surface area contributed by atoms with E-state index >= 15 is 0 Å². The van der Waals surface area contributed by atoms with Gasteiger partial charge < -0.3 is 109 Å². The van der Waals surface area contributed by atoms with E-state index in [0.29, 0.717) is 0 Å². The topological polar surface area (TPSA) is 357 Å². The average Bonchev–Trinajstić information content (AvgIpc) is 3.10. The van der Waals surface area contributed by atoms with Gasteiger partial charge in [-0.1, -0.05) is 0 Å². The van der Waals surface area contributed by atoms with Gasteiger partial charge in [-0.05, 0) is 6.42 Å². The number of aliphatic hydroxyl groups excluding tert-OH is 14. The van der Waals surface area contributed by atoms with E-state index in [1.54, 1.807) is 0 Å². The van der Waals surface area contributed by atoms with Crippen LogP contribution in [0.3, 0.4) is 0 Å². The Bertz CT molecular complexity index is 901. The zero-order valence-electron chi connectivity index (χ0n) is 26.0. The molecule has 4 fully saturated rings. The van der Waals surface area contributed by atoms with Gasteiger partial charge in [0.1, 0.15) is 97.7 Å². The molecule has 0 amide bonds. The predicted octanol–water partition coefficient (Wildman–Crippen LogP) is -9.34. The second kappa shape index (κ2) is 18.2. The van der Waals surface area contributed by atoms with Gasteiger partial charge >= 0.3 is 0 Å². The fourth-order valence-corrected chi connectivity index (χ4v) is 5.84. The lowest BCUT2D eigenvalue weighted by Crippen LogP contribution is -2.64. The summed E-state index contributed by atoms with van der Waals surface area (Å²) in [5.41, 5.74) is 0. The fraction of sp³-hybridized carbons (Fsp3) is 1.00. The highest BCUT2D eigenvalue weighted by molar-refractivity contribution is 4.95. The van der Waals surface area contributed by atoms with Gasteiger partial charge in [0.2, 0.25) is 0 Å². The Morgan fingerprint density at radius 1 is 0.347 bits per heavy atom. The largest absolute Gasteiger partial charge is 0.394 e. The van der Waals surface area contributed by atoms with Crippen molar-refractivity contribution in [1.82, 2.24) is 0 Å². The number of ether oxygens (including phenoxy) is 8. The summed E-state index contributed by atoms with van der Waals surface area (Å²) in [6, 6.07) is 0. The molecule has 0 aromatic heterocycles. The van der Waals surface area contributed by atoms with Gasteiger partial charge in [0.05, 0.1) is 39.6 Å². The minimum Gasteiger partial charge on any atom is -0.394 e. The molecule has 0 spiro atoms. The number of aliphatic hydroxyl groups is 14. The summed E-state index contributed by atoms with van der Waals surface area (Å²) in [4.78, 5) is 0. The Labute approximate surface area is 278 Å². The number of rotatable bonds is 14. The van der Waals surface area contributed by atoms with Crippen molar-refractivity contribution in [3.05, 3.63) is 0 Å². The molecule has 4 rings (SSSR count). The molecule has 0 aromatic rings. The normalized spacial score (nSPS) is 49.6. The lowest BCUT2D eigenvalue weighted by Gasteiger charge is -2.46. The summed E-state index contributed by atoms with van der Waals surface area (Å²) >= 11 is 0. The van der Waals surface area contributed by atoms with E-state index in [1.165, 1.54) is 0 Å². The van der Waals surface area contributed by atoms with Crippen molar-refractivity contribution in [3.63, 3.8) is 0 Å². The zero-order chi connectivity index (χ0) is 36.2. The van der Waals surface area contributed by atoms with Gasteiger partial charge in [-0.15, -0.1) is 0 Å². The van der Waals surface area contributed by atoms with Crippen molar-refractivity contribution in [1.29, 1.82) is 0 Å². The van der Waals surface area contributed by atoms with Crippen molar-refractivity contribution in [2.24, 2.45) is 0 Å². The van der Waals surface area contributed by atoms with E-state index in [1.807, 2.05) is 0 Å². The molecule has 4 aliphatic rings. The minimum absolute atomic E-state index is 0.0501. The third-order valence-corrected chi connectivity index (χ3v) is 8.77. The van der Waals surface area contributed by atoms with Gasteiger partial charge in [-0.3, -0.25) is 0 Å². The monoisotopic (exact) mass is 724 g/mol. The first-order chi connectivity index (χ1) is 23.3. The molecule has 288 valence electrons. The lowest BCUT2D eigenvalue weighted by molar-refractivity contribution is -0.361. The highest BCUT2D eigenvalue weighted by Crippen LogP contribution is 2.31. The molecule has 20 atom stereocenters. The Kier molecular flexibility index (Phi) is 15.2. The minimum atomic E-state index is -1.82. The van der Waals surface area contributed by atoms with Crippen LogP contribution in [0.2, 0.25) is 0 Å². The van der Waals surface area contributed by atoms with Gasteiger partial charge in [0.15, 0.2) is 25.2 Å². The molecule has 0 saturated carbocycles. The second-order valence-corrected chi connectivity index (χ2v) is 12.1. The molecule has 0 unspecified atom stereocenters. The van der Waals surface area contributed by atoms with Crippen molar-refractivity contribution in [2.45, 2.75) is 129 Å². The van der Waals surface area contributed by atoms with Crippen molar-refractivity contribution in [2.75, 3.05) is 39.6 Å². The van der Waals surface area contributed by atoms with Gasteiger partial charge in [-0.25, -0.2) is 0 Å². The third kappa shape index (κ3) is 9.02. The molecule has 0 aromatic carbocycles. The fourth-order valence-electron chi connectivity index (χ4n) is 5.84. The molecular formula is C27H48O22. The second-order valence-electron chi connectivity index (χ2n) is 12.1. The van der Waals surface area contributed by atoms with Crippen LogP contribution in [0.25, 0.3) is 0 Å². The van der Waals surface area contributed by atoms with Crippen LogP contribution in [0.15, 0.2) is 0 Å². The van der Waals surface area contributed by atoms with E-state index in [9.17, 15) is 71.5 Å². The van der Waals surface area contributed by atoms with Crippen LogP contribution in [0, 0.1) is 0 Å². The smallest absolute Gasteiger partial charge is 0.187 e. The van der Waals surface area contributed by atoms with E-state index in [0.717, 1.165) is 0 Å². The molecular weight excluding hydrogens is 676 g/mol. The summed E-state index contributed by atoms with van der Waals surface area (Å²) in [6.07, 6.45) is -32.3. The van der Waals surface area contributed by atoms with Crippen molar-refractivity contribution < 1.29 is 109 Å². The highest BCUT2D eigenvalue weighted by atomic mass is 16.8. The molecule has 14 N–H and O–H groups in total. The average molecular weight is 725 g/mol. The molecule has 49 heavy (non-hydrogen) atoms. The molecule has 4 aliphatic heterocycles. The molecule has 22 nitrogen and oxygen atoms in total. The van der Waals surface area contributed by atoms with E-state index in [-0.39, 0.29) is 19.6 Å². The summed E-state index contributed by atoms with van der Waals surface area (Å²) in [5, 5.41) is 141. The number of hydrogen-bond donors (Lipinski definition) is 14. The van der Waals surface area contributed by atoms with Gasteiger partial charge in [0, 0.05) is 0 Å². The third-order valence-electron chi connectivity index (χ3n) is 8.77. The van der Waals surface area contributed by atoms with Crippen LogP contribution in [0.5, 0.6) is 0 Å². The Balaban J connectivity index is 1.24. The zero-order valence-corrected chi connectivity index (χ0v) is 26.0. The van der Waals surface area contributed by atoms with Crippen LogP contribution in [0.4, 0.5) is 0 Å². The molecule has 22 heteroatoms. The Hall–Kier alpha value is -0.880. The Morgan fingerprint density at radius 3 is 0.980 bits per heavy atom. The van der Waals surface area contributed by atoms with Crippen LogP contribution in [0.1, 0.15) is 6.42 Å². The first kappa shape index (κ1) is 40.9. The van der Waals surface area contributed by atoms with Crippen molar-refractivity contribution >= 4 is 0 Å². The van der Waals surface area contributed by atoms with E-state index < -0.39 is 149 Å². The van der Waals surface area contributed by atoms with Crippen LogP contribution in [-0.4, -0.2) is 234 Å². The van der Waals surface area contributed by atoms with Gasteiger partial charge in [0.25, 0.3) is 0 Å². The maximum Gasteiger partial charge on any atom is 0.187 e. The van der Waals surface area contributed by atoms with E-state index in [2.05, 4.69) is 0 Å². The first-order valence-corrected chi connectivity index (χ1v) is 15.7. The molecule has 4 saturated heterocycles. The molecule has 0 bridgehead atoms. The summed E-state index contributed by atoms with van der Waals surface area (Å²) in [7, 11) is 0. The number of hydrogen-bond acceptors (Lipinski definition) is 22. The standard InChI is InChI=1S/C27H48O22/c28-4-8-12(32)14(34)18(38)26(44-8)48-22-10(6-30)46-24(20(40)16(22)36)42-2-1-3-43-25-21(41)17(37)23(11(7-31)47-25)49-27-19(39)15(35)13(33)9(5-29)45-27/h8-41H,1-7H2/t8-,9-,10-,11-,12+,13+,14+,15+,16-,17-,18-,19-,20-,21-,22-,23-,24-,25-,26+,27+/m1/s1. The predicted molar refractivity (Wildman–Crippen MR) is 149 cm³/mol. The summed E-state index contributed by atoms with van der Waals surface area (Å²) in [6.45, 7) is -3.39. The molecule has 4 heterocycles. The maximum absolute atomic E-state index is 10.7. The Morgan fingerprint density at radius 2 is 0.653 bits per heavy atom. The SMILES string of the molecule is OC[C@H]1O[C@@H](O[C@H]2[C@H](O)[C@@H](O)[C@H](OCCCO[C@@H]3O[C@H](CO)[C@@H](O[C@@H]4O[C@H](CO)[C@H](O)[C@H](O)[C@H]4O)[C@H](O)[C@H]3O)O[C@@H]2CO)[C@H](O)[C@@H](O)[C@H]1O. The van der Waals surface area contributed by atoms with Crippen LogP contribution >= 0.6 is 0 Å². The van der Waals surface area contributed by atoms with Crippen LogP contribution < -0.4 is 0 Å². The maximum atomic E-state index is 10.7.